The van der Waals surface area contributed by atoms with E-state index in [0.29, 0.717) is 5.75 Å². The summed E-state index contributed by atoms with van der Waals surface area (Å²) in [6.07, 6.45) is 3.64. The highest BCUT2D eigenvalue weighted by Gasteiger charge is 2.31. The quantitative estimate of drug-likeness (QED) is 0.144. The van der Waals surface area contributed by atoms with Gasteiger partial charge in [-0.15, -0.1) is 0 Å². The number of hydrogen-bond donors (Lipinski definition) is 7. The molecule has 0 aliphatic rings. The zero-order chi connectivity index (χ0) is 29.8. The third kappa shape index (κ3) is 10.2. The Morgan fingerprint density at radius 1 is 0.925 bits per heavy atom. The monoisotopic (exact) mass is 577 g/mol. The van der Waals surface area contributed by atoms with Gasteiger partial charge in [-0.25, -0.2) is 4.79 Å². The molecule has 0 spiro atoms. The fraction of sp³-hybridized carbons (Fsp3) is 0.519. The molecule has 0 fully saturated rings. The lowest BCUT2D eigenvalue weighted by Gasteiger charge is -2.26. The molecule has 220 valence electrons. The molecule has 0 bridgehead atoms. The Balaban J connectivity index is 2.11. The molecular formula is C27H39N5O7S. The first-order valence-corrected chi connectivity index (χ1v) is 14.5. The fourth-order valence-corrected chi connectivity index (χ4v) is 4.66. The van der Waals surface area contributed by atoms with Gasteiger partial charge in [-0.3, -0.25) is 19.2 Å². The van der Waals surface area contributed by atoms with E-state index in [9.17, 15) is 29.1 Å². The molecular weight excluding hydrogens is 538 g/mol. The van der Waals surface area contributed by atoms with E-state index in [-0.39, 0.29) is 31.6 Å². The van der Waals surface area contributed by atoms with Crippen LogP contribution < -0.4 is 21.7 Å². The minimum atomic E-state index is -1.43. The Hall–Kier alpha value is -3.58. The maximum Gasteiger partial charge on any atom is 0.326 e. The molecule has 2 rings (SSSR count). The normalized spacial score (nSPS) is 14.2. The zero-order valence-corrected chi connectivity index (χ0v) is 23.8. The molecule has 8 N–H and O–H groups in total. The van der Waals surface area contributed by atoms with Crippen LogP contribution in [0.1, 0.15) is 45.1 Å². The number of nitrogens with two attached hydrogens (primary N) is 1. The molecule has 1 heterocycles. The number of carbonyl (C=O) groups excluding carboxylic acids is 3. The third-order valence-corrected chi connectivity index (χ3v) is 6.94. The van der Waals surface area contributed by atoms with Crippen molar-refractivity contribution >= 4 is 52.3 Å². The number of carboxylic acids is 2. The summed E-state index contributed by atoms with van der Waals surface area (Å²) < 4.78 is 0. The minimum absolute atomic E-state index is 0.0396. The Labute approximate surface area is 237 Å². The summed E-state index contributed by atoms with van der Waals surface area (Å²) in [7, 11) is 0. The molecule has 3 amide bonds. The average molecular weight is 578 g/mol. The lowest BCUT2D eigenvalue weighted by atomic mass is 10.0. The van der Waals surface area contributed by atoms with Crippen LogP contribution in [0.2, 0.25) is 0 Å². The molecule has 12 nitrogen and oxygen atoms in total. The van der Waals surface area contributed by atoms with Crippen LogP contribution in [0.3, 0.4) is 0 Å². The van der Waals surface area contributed by atoms with Gasteiger partial charge in [0, 0.05) is 23.5 Å². The second kappa shape index (κ2) is 15.9. The number of thioether (sulfide) groups is 1. The number of aromatic amines is 1. The van der Waals surface area contributed by atoms with Crippen LogP contribution >= 0.6 is 11.8 Å². The highest BCUT2D eigenvalue weighted by Crippen LogP contribution is 2.19. The minimum Gasteiger partial charge on any atom is -0.481 e. The van der Waals surface area contributed by atoms with E-state index in [1.54, 1.807) is 6.20 Å². The molecule has 4 atom stereocenters. The lowest BCUT2D eigenvalue weighted by molar-refractivity contribution is -0.143. The average Bonchev–Trinajstić information content (AvgIpc) is 3.30. The number of benzene rings is 1. The van der Waals surface area contributed by atoms with Crippen LogP contribution in [0, 0.1) is 5.92 Å². The third-order valence-electron chi connectivity index (χ3n) is 6.30. The molecule has 0 radical (unpaired) electrons. The van der Waals surface area contributed by atoms with Crippen LogP contribution in [0.4, 0.5) is 0 Å². The van der Waals surface area contributed by atoms with Crippen molar-refractivity contribution in [3.63, 3.8) is 0 Å². The summed E-state index contributed by atoms with van der Waals surface area (Å²) >= 11 is 1.48. The second-order valence-electron chi connectivity index (χ2n) is 10.0. The zero-order valence-electron chi connectivity index (χ0n) is 22.9. The van der Waals surface area contributed by atoms with Crippen molar-refractivity contribution < 1.29 is 34.2 Å². The summed E-state index contributed by atoms with van der Waals surface area (Å²) in [4.78, 5) is 64.8. The number of carbonyl (C=O) groups is 5. The summed E-state index contributed by atoms with van der Waals surface area (Å²) in [6, 6.07) is 3.22. The number of hydrogen-bond acceptors (Lipinski definition) is 7. The number of carboxylic acid groups (broad SMARTS) is 2. The number of aromatic nitrogens is 1. The van der Waals surface area contributed by atoms with E-state index < -0.39 is 60.2 Å². The molecule has 0 saturated heterocycles. The smallest absolute Gasteiger partial charge is 0.326 e. The van der Waals surface area contributed by atoms with Crippen LogP contribution in [0.15, 0.2) is 30.5 Å². The SMILES string of the molecule is CSCCC(NC(=O)C(N)Cc1c[nH]c2ccccc12)C(=O)NC(CC(C)C)C(=O)NC(CCC(=O)O)C(=O)O. The van der Waals surface area contributed by atoms with Gasteiger partial charge >= 0.3 is 11.9 Å². The second-order valence-corrected chi connectivity index (χ2v) is 11.0. The Morgan fingerprint density at radius 2 is 1.55 bits per heavy atom. The molecule has 13 heteroatoms. The maximum absolute atomic E-state index is 13.3. The lowest BCUT2D eigenvalue weighted by Crippen LogP contribution is -2.57. The number of fused-ring (bicyclic) bond motifs is 1. The summed E-state index contributed by atoms with van der Waals surface area (Å²) in [6.45, 7) is 3.67. The topological polar surface area (TPSA) is 204 Å². The van der Waals surface area contributed by atoms with E-state index in [2.05, 4.69) is 20.9 Å². The van der Waals surface area contributed by atoms with Gasteiger partial charge in [-0.2, -0.15) is 11.8 Å². The predicted molar refractivity (Wildman–Crippen MR) is 153 cm³/mol. The van der Waals surface area contributed by atoms with Gasteiger partial charge in [0.2, 0.25) is 17.7 Å². The molecule has 0 aliphatic carbocycles. The Bertz CT molecular complexity index is 1180. The Morgan fingerprint density at radius 3 is 2.17 bits per heavy atom. The van der Waals surface area contributed by atoms with Crippen molar-refractivity contribution in [1.82, 2.24) is 20.9 Å². The van der Waals surface area contributed by atoms with Crippen molar-refractivity contribution in [1.29, 1.82) is 0 Å². The summed E-state index contributed by atoms with van der Waals surface area (Å²) in [5.74, 6) is -3.92. The van der Waals surface area contributed by atoms with Gasteiger partial charge in [-0.1, -0.05) is 32.0 Å². The van der Waals surface area contributed by atoms with Crippen molar-refractivity contribution in [2.24, 2.45) is 11.7 Å². The number of amides is 3. The van der Waals surface area contributed by atoms with Crippen LogP contribution in [0.25, 0.3) is 10.9 Å². The molecule has 0 saturated carbocycles. The van der Waals surface area contributed by atoms with E-state index in [4.69, 9.17) is 10.8 Å². The van der Waals surface area contributed by atoms with Gasteiger partial charge in [-0.05, 0) is 55.2 Å². The fourth-order valence-electron chi connectivity index (χ4n) is 4.19. The molecule has 4 unspecified atom stereocenters. The molecule has 0 aliphatic heterocycles. The summed E-state index contributed by atoms with van der Waals surface area (Å²) in [5, 5.41) is 26.9. The van der Waals surface area contributed by atoms with Gasteiger partial charge in [0.25, 0.3) is 0 Å². The molecule has 1 aromatic carbocycles. The number of nitrogens with one attached hydrogen (secondary N) is 4. The van der Waals surface area contributed by atoms with Crippen LogP contribution in [-0.4, -0.2) is 81.0 Å². The number of para-hydroxylation sites is 1. The molecule has 2 aromatic rings. The predicted octanol–water partition coefficient (Wildman–Crippen LogP) is 1.24. The first kappa shape index (κ1) is 32.6. The standard InChI is InChI=1S/C27H39N5O7S/c1-15(2)12-22(26(37)31-21(27(38)39)8-9-23(33)34)32-25(36)20(10-11-40-3)30-24(35)18(28)13-16-14-29-19-7-5-4-6-17(16)19/h4-7,14-15,18,20-22,29H,8-13,28H2,1-3H3,(H,30,35)(H,31,37)(H,32,36)(H,33,34)(H,38,39). The first-order chi connectivity index (χ1) is 18.9. The maximum atomic E-state index is 13.3. The van der Waals surface area contributed by atoms with Crippen molar-refractivity contribution in [2.75, 3.05) is 12.0 Å². The van der Waals surface area contributed by atoms with E-state index >= 15 is 0 Å². The largest absolute Gasteiger partial charge is 0.481 e. The number of aliphatic carboxylic acids is 2. The van der Waals surface area contributed by atoms with Crippen molar-refractivity contribution in [3.05, 3.63) is 36.0 Å². The van der Waals surface area contributed by atoms with Crippen molar-refractivity contribution in [2.45, 2.75) is 70.1 Å². The number of H-pyrrole nitrogens is 1. The van der Waals surface area contributed by atoms with Gasteiger partial charge < -0.3 is 36.9 Å². The Kier molecular flexibility index (Phi) is 12.9. The summed E-state index contributed by atoms with van der Waals surface area (Å²) in [5.41, 5.74) is 7.99. The highest BCUT2D eigenvalue weighted by molar-refractivity contribution is 7.98. The van der Waals surface area contributed by atoms with Gasteiger partial charge in [0.05, 0.1) is 6.04 Å². The van der Waals surface area contributed by atoms with E-state index in [1.165, 1.54) is 11.8 Å². The first-order valence-electron chi connectivity index (χ1n) is 13.1. The van der Waals surface area contributed by atoms with E-state index in [1.807, 2.05) is 44.4 Å². The van der Waals surface area contributed by atoms with Crippen LogP contribution in [0.5, 0.6) is 0 Å². The van der Waals surface area contributed by atoms with Crippen LogP contribution in [-0.2, 0) is 30.4 Å². The molecule has 1 aromatic heterocycles. The van der Waals surface area contributed by atoms with Gasteiger partial charge in [0.15, 0.2) is 0 Å². The van der Waals surface area contributed by atoms with Gasteiger partial charge in [0.1, 0.15) is 18.1 Å². The molecule has 40 heavy (non-hydrogen) atoms. The van der Waals surface area contributed by atoms with Crippen molar-refractivity contribution in [3.8, 4) is 0 Å². The highest BCUT2D eigenvalue weighted by atomic mass is 32.2. The number of rotatable bonds is 17. The van der Waals surface area contributed by atoms with E-state index in [0.717, 1.165) is 16.5 Å².